The summed E-state index contributed by atoms with van der Waals surface area (Å²) < 4.78 is 30.8. The zero-order valence-corrected chi connectivity index (χ0v) is 17.9. The summed E-state index contributed by atoms with van der Waals surface area (Å²) in [6.45, 7) is 0. The second kappa shape index (κ2) is 9.11. The lowest BCUT2D eigenvalue weighted by molar-refractivity contribution is 0.0943. The predicted octanol–water partition coefficient (Wildman–Crippen LogP) is 3.46. The van der Waals surface area contributed by atoms with Crippen molar-refractivity contribution in [1.29, 1.82) is 0 Å². The Kier molecular flexibility index (Phi) is 6.54. The van der Waals surface area contributed by atoms with E-state index < -0.39 is 10.0 Å². The first-order valence-electron chi connectivity index (χ1n) is 9.35. The molecule has 3 rings (SSSR count). The highest BCUT2D eigenvalue weighted by Crippen LogP contribution is 2.25. The maximum Gasteiger partial charge on any atom is 0.252 e. The highest BCUT2D eigenvalue weighted by Gasteiger charge is 2.20. The molecule has 0 aliphatic carbocycles. The standard InChI is InChI=1S/C23H24N2O4S/c1-25(2)30(27,28)21-15-11-19(12-16-21)23(26)24-22(17-7-5-4-6-8-17)18-9-13-20(29-3)14-10-18/h4-16,22H,1-3H3,(H,24,26)/t22-/m0/s1. The number of rotatable bonds is 7. The molecule has 30 heavy (non-hydrogen) atoms. The van der Waals surface area contributed by atoms with Crippen molar-refractivity contribution < 1.29 is 17.9 Å². The second-order valence-electron chi connectivity index (χ2n) is 6.90. The molecular formula is C23H24N2O4S. The molecule has 0 aliphatic rings. The van der Waals surface area contributed by atoms with Crippen molar-refractivity contribution in [2.45, 2.75) is 10.9 Å². The molecule has 3 aromatic carbocycles. The van der Waals surface area contributed by atoms with Crippen molar-refractivity contribution in [3.8, 4) is 5.75 Å². The smallest absolute Gasteiger partial charge is 0.252 e. The SMILES string of the molecule is COc1ccc([C@@H](NC(=O)c2ccc(S(=O)(=O)N(C)C)cc2)c2ccccc2)cc1. The average molecular weight is 425 g/mol. The van der Waals surface area contributed by atoms with Gasteiger partial charge in [0.2, 0.25) is 10.0 Å². The van der Waals surface area contributed by atoms with Crippen molar-refractivity contribution in [2.24, 2.45) is 0 Å². The molecule has 156 valence electrons. The number of nitrogens with one attached hydrogen (secondary N) is 1. The number of amides is 1. The van der Waals surface area contributed by atoms with Gasteiger partial charge in [-0.25, -0.2) is 12.7 Å². The fourth-order valence-electron chi connectivity index (χ4n) is 3.00. The maximum atomic E-state index is 12.9. The van der Waals surface area contributed by atoms with E-state index in [2.05, 4.69) is 5.32 Å². The molecule has 0 bridgehead atoms. The van der Waals surface area contributed by atoms with Crippen molar-refractivity contribution in [2.75, 3.05) is 21.2 Å². The third-order valence-electron chi connectivity index (χ3n) is 4.75. The van der Waals surface area contributed by atoms with Crippen molar-refractivity contribution in [1.82, 2.24) is 9.62 Å². The Morgan fingerprint density at radius 2 is 1.43 bits per heavy atom. The second-order valence-corrected chi connectivity index (χ2v) is 9.05. The highest BCUT2D eigenvalue weighted by molar-refractivity contribution is 7.89. The van der Waals surface area contributed by atoms with Crippen molar-refractivity contribution in [3.63, 3.8) is 0 Å². The predicted molar refractivity (Wildman–Crippen MR) is 116 cm³/mol. The molecule has 0 fully saturated rings. The zero-order valence-electron chi connectivity index (χ0n) is 17.1. The Balaban J connectivity index is 1.88. The summed E-state index contributed by atoms with van der Waals surface area (Å²) in [6.07, 6.45) is 0. The third kappa shape index (κ3) is 4.69. The Morgan fingerprint density at radius 1 is 0.867 bits per heavy atom. The summed E-state index contributed by atoms with van der Waals surface area (Å²) in [4.78, 5) is 13.1. The van der Waals surface area contributed by atoms with Crippen molar-refractivity contribution in [3.05, 3.63) is 95.6 Å². The van der Waals surface area contributed by atoms with E-state index in [9.17, 15) is 13.2 Å². The Morgan fingerprint density at radius 3 is 1.97 bits per heavy atom. The third-order valence-corrected chi connectivity index (χ3v) is 6.58. The normalized spacial score (nSPS) is 12.4. The van der Waals surface area contributed by atoms with Gasteiger partial charge in [0, 0.05) is 19.7 Å². The van der Waals surface area contributed by atoms with Crippen LogP contribution in [0.25, 0.3) is 0 Å². The van der Waals surface area contributed by atoms with Gasteiger partial charge in [-0.05, 0) is 47.5 Å². The first kappa shape index (κ1) is 21.5. The molecular weight excluding hydrogens is 400 g/mol. The molecule has 0 aromatic heterocycles. The van der Waals surface area contributed by atoms with E-state index in [1.54, 1.807) is 7.11 Å². The van der Waals surface area contributed by atoms with E-state index in [1.807, 2.05) is 54.6 Å². The van der Waals surface area contributed by atoms with Gasteiger partial charge in [0.15, 0.2) is 0 Å². The minimum Gasteiger partial charge on any atom is -0.497 e. The number of methoxy groups -OCH3 is 1. The molecule has 0 unspecified atom stereocenters. The average Bonchev–Trinajstić information content (AvgIpc) is 2.78. The summed E-state index contributed by atoms with van der Waals surface area (Å²) in [5.41, 5.74) is 2.21. The monoisotopic (exact) mass is 424 g/mol. The molecule has 0 spiro atoms. The molecule has 0 radical (unpaired) electrons. The molecule has 1 amide bonds. The van der Waals surface area contributed by atoms with E-state index in [0.29, 0.717) is 5.56 Å². The molecule has 0 saturated heterocycles. The van der Waals surface area contributed by atoms with Gasteiger partial charge in [0.25, 0.3) is 5.91 Å². The van der Waals surface area contributed by atoms with Gasteiger partial charge in [-0.3, -0.25) is 4.79 Å². The summed E-state index contributed by atoms with van der Waals surface area (Å²) in [6, 6.07) is 22.7. The Labute approximate surface area is 177 Å². The van der Waals surface area contributed by atoms with Crippen LogP contribution in [0.4, 0.5) is 0 Å². The van der Waals surface area contributed by atoms with Gasteiger partial charge < -0.3 is 10.1 Å². The van der Waals surface area contributed by atoms with E-state index in [0.717, 1.165) is 21.2 Å². The molecule has 6 nitrogen and oxygen atoms in total. The first-order valence-corrected chi connectivity index (χ1v) is 10.8. The number of ether oxygens (including phenoxy) is 1. The minimum atomic E-state index is -3.55. The van der Waals surface area contributed by atoms with Crippen LogP contribution in [0.3, 0.4) is 0 Å². The number of carbonyl (C=O) groups is 1. The molecule has 0 saturated carbocycles. The number of benzene rings is 3. The summed E-state index contributed by atoms with van der Waals surface area (Å²) in [7, 11) is 0.993. The number of hydrogen-bond donors (Lipinski definition) is 1. The number of carbonyl (C=O) groups excluding carboxylic acids is 1. The van der Waals surface area contributed by atoms with Crippen LogP contribution in [0.15, 0.2) is 83.8 Å². The summed E-state index contributed by atoms with van der Waals surface area (Å²) in [5.74, 6) is 0.433. The van der Waals surface area contributed by atoms with E-state index in [1.165, 1.54) is 38.4 Å². The van der Waals surface area contributed by atoms with Crippen LogP contribution in [0.2, 0.25) is 0 Å². The van der Waals surface area contributed by atoms with Gasteiger partial charge in [0.1, 0.15) is 5.75 Å². The number of nitrogens with zero attached hydrogens (tertiary/aromatic N) is 1. The summed E-state index contributed by atoms with van der Waals surface area (Å²) in [5, 5.41) is 3.04. The molecule has 7 heteroatoms. The van der Waals surface area contributed by atoms with Gasteiger partial charge in [-0.1, -0.05) is 42.5 Å². The van der Waals surface area contributed by atoms with Crippen LogP contribution in [-0.4, -0.2) is 39.8 Å². The minimum absolute atomic E-state index is 0.138. The lowest BCUT2D eigenvalue weighted by Gasteiger charge is -2.20. The van der Waals surface area contributed by atoms with Crippen molar-refractivity contribution >= 4 is 15.9 Å². The van der Waals surface area contributed by atoms with Crippen LogP contribution in [0.5, 0.6) is 5.75 Å². The molecule has 1 N–H and O–H groups in total. The molecule has 0 heterocycles. The largest absolute Gasteiger partial charge is 0.497 e. The highest BCUT2D eigenvalue weighted by atomic mass is 32.2. The molecule has 1 atom stereocenters. The zero-order chi connectivity index (χ0) is 21.7. The Hall–Kier alpha value is -3.16. The fourth-order valence-corrected chi connectivity index (χ4v) is 3.91. The van der Waals surface area contributed by atoms with Gasteiger partial charge in [-0.2, -0.15) is 0 Å². The lowest BCUT2D eigenvalue weighted by Crippen LogP contribution is -2.29. The van der Waals surface area contributed by atoms with Crippen LogP contribution >= 0.6 is 0 Å². The lowest BCUT2D eigenvalue weighted by atomic mass is 9.98. The van der Waals surface area contributed by atoms with E-state index in [4.69, 9.17) is 4.74 Å². The molecule has 3 aromatic rings. The van der Waals surface area contributed by atoms with Crippen LogP contribution in [0.1, 0.15) is 27.5 Å². The number of sulfonamides is 1. The number of hydrogen-bond acceptors (Lipinski definition) is 4. The maximum absolute atomic E-state index is 12.9. The molecule has 0 aliphatic heterocycles. The van der Waals surface area contributed by atoms with Crippen LogP contribution in [0, 0.1) is 0 Å². The van der Waals surface area contributed by atoms with Gasteiger partial charge in [0.05, 0.1) is 18.0 Å². The van der Waals surface area contributed by atoms with Crippen LogP contribution in [-0.2, 0) is 10.0 Å². The van der Waals surface area contributed by atoms with Gasteiger partial charge >= 0.3 is 0 Å². The van der Waals surface area contributed by atoms with Crippen LogP contribution < -0.4 is 10.1 Å². The van der Waals surface area contributed by atoms with E-state index in [-0.39, 0.29) is 16.8 Å². The topological polar surface area (TPSA) is 75.7 Å². The quantitative estimate of drug-likeness (QED) is 0.630. The summed E-state index contributed by atoms with van der Waals surface area (Å²) >= 11 is 0. The first-order chi connectivity index (χ1) is 14.3. The van der Waals surface area contributed by atoms with Gasteiger partial charge in [-0.15, -0.1) is 0 Å². The van der Waals surface area contributed by atoms with E-state index >= 15 is 0 Å². The Bertz CT molecular complexity index is 1090. The fraction of sp³-hybridized carbons (Fsp3) is 0.174.